The van der Waals surface area contributed by atoms with Crippen LogP contribution in [-0.4, -0.2) is 18.1 Å². The Bertz CT molecular complexity index is 738. The lowest BCUT2D eigenvalue weighted by atomic mass is 10.0. The number of nitriles is 1. The van der Waals surface area contributed by atoms with Gasteiger partial charge in [-0.05, 0) is 63.3 Å². The fraction of sp³-hybridized carbons (Fsp3) is 0.400. The normalized spacial score (nSPS) is 14.1. The highest BCUT2D eigenvalue weighted by Gasteiger charge is 2.17. The molecule has 0 fully saturated rings. The van der Waals surface area contributed by atoms with Crippen LogP contribution in [-0.2, 0) is 12.8 Å². The summed E-state index contributed by atoms with van der Waals surface area (Å²) in [6.45, 7) is 6.32. The van der Waals surface area contributed by atoms with Crippen LogP contribution in [0.1, 0.15) is 47.8 Å². The predicted octanol–water partition coefficient (Wildman–Crippen LogP) is 4.93. The molecule has 1 heterocycles. The molecular formula is C20H23N3S. The van der Waals surface area contributed by atoms with E-state index in [0.717, 1.165) is 36.5 Å². The molecule has 1 aromatic heterocycles. The summed E-state index contributed by atoms with van der Waals surface area (Å²) in [6.07, 6.45) is 6.59. The molecule has 4 heteroatoms. The number of hydrogen-bond acceptors (Lipinski definition) is 4. The number of benzene rings is 1. The van der Waals surface area contributed by atoms with Crippen molar-refractivity contribution in [3.63, 3.8) is 0 Å². The molecule has 124 valence electrons. The van der Waals surface area contributed by atoms with Gasteiger partial charge in [0.1, 0.15) is 11.1 Å². The van der Waals surface area contributed by atoms with E-state index in [1.165, 1.54) is 29.1 Å². The summed E-state index contributed by atoms with van der Waals surface area (Å²) in [7, 11) is 0. The average Bonchev–Trinajstić information content (AvgIpc) is 3.06. The Morgan fingerprint density at radius 2 is 1.92 bits per heavy atom. The van der Waals surface area contributed by atoms with Crippen molar-refractivity contribution >= 4 is 28.7 Å². The zero-order chi connectivity index (χ0) is 16.9. The number of aryl methyl sites for hydroxylation is 2. The molecule has 24 heavy (non-hydrogen) atoms. The number of rotatable bonds is 5. The Hall–Kier alpha value is -2.12. The highest BCUT2D eigenvalue weighted by molar-refractivity contribution is 7.13. The van der Waals surface area contributed by atoms with E-state index in [4.69, 9.17) is 4.98 Å². The minimum atomic E-state index is 0.671. The summed E-state index contributed by atoms with van der Waals surface area (Å²) in [5.41, 5.74) is 4.15. The summed E-state index contributed by atoms with van der Waals surface area (Å²) in [5.74, 6) is 0. The smallest absolute Gasteiger partial charge is 0.134 e. The summed E-state index contributed by atoms with van der Waals surface area (Å²) in [6, 6.07) is 10.7. The second kappa shape index (κ2) is 7.63. The summed E-state index contributed by atoms with van der Waals surface area (Å²) >= 11 is 1.69. The lowest BCUT2D eigenvalue weighted by molar-refractivity contribution is 0.682. The van der Waals surface area contributed by atoms with Crippen molar-refractivity contribution in [3.05, 3.63) is 45.4 Å². The maximum Gasteiger partial charge on any atom is 0.134 e. The van der Waals surface area contributed by atoms with E-state index < -0.39 is 0 Å². The van der Waals surface area contributed by atoms with Crippen LogP contribution >= 0.6 is 11.3 Å². The second-order valence-corrected chi connectivity index (χ2v) is 7.11. The number of thiazole rings is 1. The minimum absolute atomic E-state index is 0.671. The van der Waals surface area contributed by atoms with Crippen LogP contribution in [0.4, 0.5) is 5.69 Å². The van der Waals surface area contributed by atoms with E-state index in [1.807, 2.05) is 6.08 Å². The molecule has 0 aliphatic heterocycles. The number of fused-ring (bicyclic) bond motifs is 1. The van der Waals surface area contributed by atoms with Crippen LogP contribution < -0.4 is 4.90 Å². The van der Waals surface area contributed by atoms with Gasteiger partial charge in [-0.2, -0.15) is 5.26 Å². The molecule has 0 N–H and O–H groups in total. The third-order valence-corrected chi connectivity index (χ3v) is 5.72. The molecule has 0 unspecified atom stereocenters. The van der Waals surface area contributed by atoms with Gasteiger partial charge in [-0.1, -0.05) is 12.1 Å². The van der Waals surface area contributed by atoms with Gasteiger partial charge in [0.15, 0.2) is 0 Å². The average molecular weight is 337 g/mol. The van der Waals surface area contributed by atoms with E-state index in [0.29, 0.717) is 5.57 Å². The maximum atomic E-state index is 9.56. The molecule has 1 aliphatic rings. The predicted molar refractivity (Wildman–Crippen MR) is 102 cm³/mol. The van der Waals surface area contributed by atoms with E-state index in [1.54, 1.807) is 11.3 Å². The molecule has 0 saturated heterocycles. The Kier molecular flexibility index (Phi) is 5.32. The number of nitrogens with zero attached hydrogens (tertiary/aromatic N) is 3. The summed E-state index contributed by atoms with van der Waals surface area (Å²) < 4.78 is 0. The second-order valence-electron chi connectivity index (χ2n) is 6.03. The van der Waals surface area contributed by atoms with Crippen LogP contribution in [0.25, 0.3) is 11.6 Å². The van der Waals surface area contributed by atoms with E-state index in [-0.39, 0.29) is 0 Å². The lowest BCUT2D eigenvalue weighted by Gasteiger charge is -2.20. The first-order chi connectivity index (χ1) is 11.7. The van der Waals surface area contributed by atoms with Gasteiger partial charge in [0.25, 0.3) is 0 Å². The van der Waals surface area contributed by atoms with Crippen molar-refractivity contribution < 1.29 is 0 Å². The highest BCUT2D eigenvalue weighted by atomic mass is 32.1. The number of anilines is 1. The van der Waals surface area contributed by atoms with Crippen LogP contribution in [0.15, 0.2) is 24.3 Å². The molecule has 0 radical (unpaired) electrons. The molecule has 0 spiro atoms. The van der Waals surface area contributed by atoms with E-state index in [2.05, 4.69) is 49.1 Å². The van der Waals surface area contributed by atoms with Gasteiger partial charge in [-0.3, -0.25) is 0 Å². The molecule has 3 rings (SSSR count). The quantitative estimate of drug-likeness (QED) is 0.726. The van der Waals surface area contributed by atoms with Crippen LogP contribution in [0.3, 0.4) is 0 Å². The first kappa shape index (κ1) is 16.7. The van der Waals surface area contributed by atoms with Crippen LogP contribution in [0.5, 0.6) is 0 Å². The molecule has 1 aliphatic carbocycles. The van der Waals surface area contributed by atoms with Crippen molar-refractivity contribution in [2.75, 3.05) is 18.0 Å². The molecular weight excluding hydrogens is 314 g/mol. The molecule has 0 saturated carbocycles. The van der Waals surface area contributed by atoms with E-state index in [9.17, 15) is 5.26 Å². The number of allylic oxidation sites excluding steroid dienone is 1. The van der Waals surface area contributed by atoms with Gasteiger partial charge in [-0.15, -0.1) is 11.3 Å². The van der Waals surface area contributed by atoms with Crippen molar-refractivity contribution in [1.82, 2.24) is 4.98 Å². The molecule has 0 bridgehead atoms. The van der Waals surface area contributed by atoms with Gasteiger partial charge >= 0.3 is 0 Å². The molecule has 1 aromatic carbocycles. The number of hydrogen-bond donors (Lipinski definition) is 0. The van der Waals surface area contributed by atoms with Crippen molar-refractivity contribution in [1.29, 1.82) is 5.26 Å². The van der Waals surface area contributed by atoms with E-state index >= 15 is 0 Å². The standard InChI is InChI=1S/C20H23N3S/c1-3-23(4-2)17-11-9-15(10-12-17)13-16(14-21)20-22-18-7-5-6-8-19(18)24-20/h9-13H,3-8H2,1-2H3/b16-13+. The maximum absolute atomic E-state index is 9.56. The zero-order valence-electron chi connectivity index (χ0n) is 14.4. The highest BCUT2D eigenvalue weighted by Crippen LogP contribution is 2.31. The van der Waals surface area contributed by atoms with Crippen molar-refractivity contribution in [2.24, 2.45) is 0 Å². The monoisotopic (exact) mass is 337 g/mol. The molecule has 2 aromatic rings. The van der Waals surface area contributed by atoms with Gasteiger partial charge < -0.3 is 4.90 Å². The fourth-order valence-electron chi connectivity index (χ4n) is 3.15. The largest absolute Gasteiger partial charge is 0.372 e. The summed E-state index contributed by atoms with van der Waals surface area (Å²) in [4.78, 5) is 8.39. The van der Waals surface area contributed by atoms with Crippen LogP contribution in [0.2, 0.25) is 0 Å². The Labute approximate surface area is 148 Å². The van der Waals surface area contributed by atoms with Gasteiger partial charge in [-0.25, -0.2) is 4.98 Å². The SMILES string of the molecule is CCN(CC)c1ccc(/C=C(\C#N)c2nc3c(s2)CCCC3)cc1. The molecule has 0 amide bonds. The molecule has 3 nitrogen and oxygen atoms in total. The van der Waals surface area contributed by atoms with Gasteiger partial charge in [0.05, 0.1) is 11.3 Å². The third kappa shape index (κ3) is 3.52. The minimum Gasteiger partial charge on any atom is -0.372 e. The first-order valence-electron chi connectivity index (χ1n) is 8.71. The molecule has 0 atom stereocenters. The Morgan fingerprint density at radius 1 is 1.21 bits per heavy atom. The Morgan fingerprint density at radius 3 is 2.54 bits per heavy atom. The lowest BCUT2D eigenvalue weighted by Crippen LogP contribution is -2.21. The van der Waals surface area contributed by atoms with Crippen LogP contribution in [0, 0.1) is 11.3 Å². The fourth-order valence-corrected chi connectivity index (χ4v) is 4.26. The number of aromatic nitrogens is 1. The van der Waals surface area contributed by atoms with Gasteiger partial charge in [0, 0.05) is 23.7 Å². The van der Waals surface area contributed by atoms with Gasteiger partial charge in [0.2, 0.25) is 0 Å². The third-order valence-electron chi connectivity index (χ3n) is 4.53. The zero-order valence-corrected chi connectivity index (χ0v) is 15.2. The van der Waals surface area contributed by atoms with Crippen molar-refractivity contribution in [2.45, 2.75) is 39.5 Å². The first-order valence-corrected chi connectivity index (χ1v) is 9.52. The topological polar surface area (TPSA) is 39.9 Å². The Balaban J connectivity index is 1.85. The van der Waals surface area contributed by atoms with Crippen molar-refractivity contribution in [3.8, 4) is 6.07 Å². The summed E-state index contributed by atoms with van der Waals surface area (Å²) in [5, 5.41) is 10.4.